The number of carbonyl (C=O) groups excluding carboxylic acids is 1. The monoisotopic (exact) mass is 211 g/mol. The lowest BCUT2D eigenvalue weighted by atomic mass is 9.88. The summed E-state index contributed by atoms with van der Waals surface area (Å²) < 4.78 is 12.7. The summed E-state index contributed by atoms with van der Waals surface area (Å²) in [5, 5.41) is 10.1. The quantitative estimate of drug-likeness (QED) is 0.788. The lowest BCUT2D eigenvalue weighted by Crippen LogP contribution is -2.31. The van der Waals surface area contributed by atoms with Crippen LogP contribution in [0.2, 0.25) is 0 Å². The molecule has 0 radical (unpaired) electrons. The van der Waals surface area contributed by atoms with Gasteiger partial charge in [-0.2, -0.15) is 0 Å². The molecular weight excluding hydrogens is 197 g/mol. The molecule has 0 bridgehead atoms. The van der Waals surface area contributed by atoms with Gasteiger partial charge < -0.3 is 10.8 Å². The molecule has 0 aliphatic rings. The molecule has 1 aromatic rings. The van der Waals surface area contributed by atoms with Gasteiger partial charge in [0.15, 0.2) is 0 Å². The van der Waals surface area contributed by atoms with Gasteiger partial charge in [-0.15, -0.1) is 0 Å². The van der Waals surface area contributed by atoms with Crippen molar-refractivity contribution in [3.63, 3.8) is 0 Å². The van der Waals surface area contributed by atoms with Gasteiger partial charge in [0.2, 0.25) is 5.91 Å². The van der Waals surface area contributed by atoms with Crippen LogP contribution in [0.15, 0.2) is 24.3 Å². The Morgan fingerprint density at radius 2 is 2.00 bits per heavy atom. The number of aliphatic hydroxyl groups is 1. The zero-order chi connectivity index (χ0) is 11.5. The van der Waals surface area contributed by atoms with E-state index in [9.17, 15) is 14.3 Å². The van der Waals surface area contributed by atoms with Crippen LogP contribution in [0.25, 0.3) is 0 Å². The third kappa shape index (κ3) is 2.76. The predicted molar refractivity (Wildman–Crippen MR) is 54.4 cm³/mol. The number of halogens is 1. The zero-order valence-electron chi connectivity index (χ0n) is 8.53. The Morgan fingerprint density at radius 3 is 2.40 bits per heavy atom. The molecule has 1 aromatic carbocycles. The largest absolute Gasteiger partial charge is 0.385 e. The van der Waals surface area contributed by atoms with Crippen molar-refractivity contribution in [1.82, 2.24) is 0 Å². The third-order valence-corrected chi connectivity index (χ3v) is 2.43. The average Bonchev–Trinajstić information content (AvgIpc) is 2.17. The van der Waals surface area contributed by atoms with Gasteiger partial charge in [0.25, 0.3) is 0 Å². The van der Waals surface area contributed by atoms with Crippen molar-refractivity contribution in [1.29, 1.82) is 0 Å². The second-order valence-electron chi connectivity index (χ2n) is 3.54. The molecule has 0 saturated heterocycles. The second kappa shape index (κ2) is 4.40. The van der Waals surface area contributed by atoms with E-state index in [1.165, 1.54) is 24.3 Å². The number of amides is 1. The molecule has 82 valence electrons. The standard InChI is InChI=1S/C11H14FNO2/c1-2-11(15,7-10(13)14)8-3-5-9(12)6-4-8/h3-6,15H,2,7H2,1H3,(H2,13,14). The predicted octanol–water partition coefficient (Wildman–Crippen LogP) is 1.30. The summed E-state index contributed by atoms with van der Waals surface area (Å²) in [6.45, 7) is 1.74. The normalized spacial score (nSPS) is 14.6. The number of primary amides is 1. The van der Waals surface area contributed by atoms with Crippen LogP contribution >= 0.6 is 0 Å². The Labute approximate surface area is 87.7 Å². The minimum atomic E-state index is -1.29. The molecular formula is C11H14FNO2. The van der Waals surface area contributed by atoms with Crippen LogP contribution in [-0.2, 0) is 10.4 Å². The number of benzene rings is 1. The Morgan fingerprint density at radius 1 is 1.47 bits per heavy atom. The van der Waals surface area contributed by atoms with E-state index in [4.69, 9.17) is 5.73 Å². The summed E-state index contributed by atoms with van der Waals surface area (Å²) in [5.41, 5.74) is 4.26. The molecule has 1 atom stereocenters. The fourth-order valence-corrected chi connectivity index (χ4v) is 1.48. The minimum absolute atomic E-state index is 0.158. The van der Waals surface area contributed by atoms with E-state index in [0.717, 1.165) is 0 Å². The molecule has 0 aliphatic heterocycles. The van der Waals surface area contributed by atoms with Crippen molar-refractivity contribution in [2.75, 3.05) is 0 Å². The van der Waals surface area contributed by atoms with E-state index in [1.807, 2.05) is 0 Å². The first-order chi connectivity index (χ1) is 6.98. The first-order valence-corrected chi connectivity index (χ1v) is 4.74. The molecule has 1 rings (SSSR count). The molecule has 0 aliphatic carbocycles. The van der Waals surface area contributed by atoms with E-state index in [-0.39, 0.29) is 12.2 Å². The van der Waals surface area contributed by atoms with Crippen LogP contribution in [-0.4, -0.2) is 11.0 Å². The lowest BCUT2D eigenvalue weighted by Gasteiger charge is -2.25. The molecule has 0 heterocycles. The highest BCUT2D eigenvalue weighted by atomic mass is 19.1. The Bertz CT molecular complexity index is 350. The van der Waals surface area contributed by atoms with Crippen molar-refractivity contribution in [3.8, 4) is 0 Å². The summed E-state index contributed by atoms with van der Waals surface area (Å²) in [4.78, 5) is 10.8. The number of hydrogen-bond acceptors (Lipinski definition) is 2. The fraction of sp³-hybridized carbons (Fsp3) is 0.364. The summed E-state index contributed by atoms with van der Waals surface area (Å²) in [6.07, 6.45) is 0.191. The number of rotatable bonds is 4. The molecule has 1 unspecified atom stereocenters. The Hall–Kier alpha value is -1.42. The number of hydrogen-bond donors (Lipinski definition) is 2. The highest BCUT2D eigenvalue weighted by Gasteiger charge is 2.29. The molecule has 0 spiro atoms. The maximum absolute atomic E-state index is 12.7. The smallest absolute Gasteiger partial charge is 0.220 e. The summed E-state index contributed by atoms with van der Waals surface area (Å²) in [7, 11) is 0. The summed E-state index contributed by atoms with van der Waals surface area (Å²) in [5.74, 6) is -0.958. The van der Waals surface area contributed by atoms with Crippen LogP contribution in [0.5, 0.6) is 0 Å². The lowest BCUT2D eigenvalue weighted by molar-refractivity contribution is -0.123. The average molecular weight is 211 g/mol. The van der Waals surface area contributed by atoms with Crippen LogP contribution in [0, 0.1) is 5.82 Å². The Kier molecular flexibility index (Phi) is 3.42. The van der Waals surface area contributed by atoms with E-state index in [2.05, 4.69) is 0 Å². The van der Waals surface area contributed by atoms with Gasteiger partial charge in [-0.1, -0.05) is 19.1 Å². The van der Waals surface area contributed by atoms with Crippen molar-refractivity contribution in [3.05, 3.63) is 35.6 Å². The molecule has 4 heteroatoms. The van der Waals surface area contributed by atoms with Gasteiger partial charge >= 0.3 is 0 Å². The molecule has 0 aromatic heterocycles. The first kappa shape index (κ1) is 11.7. The van der Waals surface area contributed by atoms with Gasteiger partial charge in [-0.3, -0.25) is 4.79 Å². The maximum Gasteiger partial charge on any atom is 0.220 e. The SMILES string of the molecule is CCC(O)(CC(N)=O)c1ccc(F)cc1. The maximum atomic E-state index is 12.7. The molecule has 1 amide bonds. The molecule has 3 N–H and O–H groups in total. The van der Waals surface area contributed by atoms with Crippen LogP contribution in [0.4, 0.5) is 4.39 Å². The van der Waals surface area contributed by atoms with Gasteiger partial charge in [0.05, 0.1) is 12.0 Å². The van der Waals surface area contributed by atoms with E-state index in [0.29, 0.717) is 12.0 Å². The molecule has 15 heavy (non-hydrogen) atoms. The summed E-state index contributed by atoms with van der Waals surface area (Å²) in [6, 6.07) is 5.41. The molecule has 3 nitrogen and oxygen atoms in total. The van der Waals surface area contributed by atoms with E-state index in [1.54, 1.807) is 6.92 Å². The zero-order valence-corrected chi connectivity index (χ0v) is 8.53. The minimum Gasteiger partial charge on any atom is -0.385 e. The van der Waals surface area contributed by atoms with Crippen molar-refractivity contribution in [2.24, 2.45) is 5.73 Å². The second-order valence-corrected chi connectivity index (χ2v) is 3.54. The molecule has 0 saturated carbocycles. The Balaban J connectivity index is 3.00. The van der Waals surface area contributed by atoms with Crippen molar-refractivity contribution in [2.45, 2.75) is 25.4 Å². The highest BCUT2D eigenvalue weighted by Crippen LogP contribution is 2.28. The van der Waals surface area contributed by atoms with Gasteiger partial charge in [0.1, 0.15) is 5.82 Å². The van der Waals surface area contributed by atoms with E-state index >= 15 is 0 Å². The van der Waals surface area contributed by atoms with Crippen molar-refractivity contribution >= 4 is 5.91 Å². The van der Waals surface area contributed by atoms with E-state index < -0.39 is 11.5 Å². The van der Waals surface area contributed by atoms with Gasteiger partial charge in [-0.25, -0.2) is 4.39 Å². The number of carbonyl (C=O) groups is 1. The van der Waals surface area contributed by atoms with Crippen LogP contribution in [0.3, 0.4) is 0 Å². The molecule has 0 fully saturated rings. The highest BCUT2D eigenvalue weighted by molar-refractivity contribution is 5.75. The first-order valence-electron chi connectivity index (χ1n) is 4.74. The fourth-order valence-electron chi connectivity index (χ4n) is 1.48. The number of nitrogens with two attached hydrogens (primary N) is 1. The summed E-state index contributed by atoms with van der Waals surface area (Å²) >= 11 is 0. The van der Waals surface area contributed by atoms with Crippen molar-refractivity contribution < 1.29 is 14.3 Å². The van der Waals surface area contributed by atoms with Crippen LogP contribution in [0.1, 0.15) is 25.3 Å². The third-order valence-electron chi connectivity index (χ3n) is 2.43. The van der Waals surface area contributed by atoms with Gasteiger partial charge in [0, 0.05) is 0 Å². The van der Waals surface area contributed by atoms with Crippen LogP contribution < -0.4 is 5.73 Å². The van der Waals surface area contributed by atoms with Gasteiger partial charge in [-0.05, 0) is 24.1 Å². The topological polar surface area (TPSA) is 63.3 Å².